The first-order chi connectivity index (χ1) is 3.93. The molecule has 1 aliphatic rings. The Balaban J connectivity index is 2.14. The summed E-state index contributed by atoms with van der Waals surface area (Å²) in [5.41, 5.74) is 0. The first-order valence-corrected chi connectivity index (χ1v) is 2.89. The van der Waals surface area contributed by atoms with Gasteiger partial charge in [0.1, 0.15) is 0 Å². The standard InChI is InChI=1S/C5H11N3/c6-4-8-5-1-2-7-3-5/h4-5,7H,1-3H2,(H2,6,8)/t5-/m1/s1. The summed E-state index contributed by atoms with van der Waals surface area (Å²) >= 11 is 0. The second kappa shape index (κ2) is 2.67. The van der Waals surface area contributed by atoms with Crippen LogP contribution in [0.4, 0.5) is 0 Å². The molecule has 3 heteroatoms. The largest absolute Gasteiger partial charge is 0.373 e. The van der Waals surface area contributed by atoms with Gasteiger partial charge in [0.25, 0.3) is 0 Å². The van der Waals surface area contributed by atoms with Gasteiger partial charge in [-0.15, -0.1) is 0 Å². The predicted molar refractivity (Wildman–Crippen MR) is 33.2 cm³/mol. The normalized spacial score (nSPS) is 27.8. The number of hydrogen-bond acceptors (Lipinski definition) is 2. The molecule has 8 heavy (non-hydrogen) atoms. The van der Waals surface area contributed by atoms with Crippen molar-refractivity contribution in [2.75, 3.05) is 13.1 Å². The molecule has 0 amide bonds. The maximum absolute atomic E-state index is 6.70. The topological polar surface area (TPSA) is 47.9 Å². The Hall–Kier alpha value is -0.570. The fraction of sp³-hybridized carbons (Fsp3) is 0.800. The van der Waals surface area contributed by atoms with E-state index in [0.717, 1.165) is 19.5 Å². The van der Waals surface area contributed by atoms with E-state index in [0.29, 0.717) is 6.04 Å². The molecule has 0 radical (unpaired) electrons. The third-order valence-electron chi connectivity index (χ3n) is 1.38. The minimum Gasteiger partial charge on any atom is -0.373 e. The summed E-state index contributed by atoms with van der Waals surface area (Å²) in [5.74, 6) is 0. The molecule has 0 aliphatic carbocycles. The Morgan fingerprint density at radius 1 is 1.75 bits per heavy atom. The van der Waals surface area contributed by atoms with E-state index in [1.807, 2.05) is 0 Å². The molecule has 0 aromatic carbocycles. The SMILES string of the molecule is N=CN[C@@H]1CCNC1. The van der Waals surface area contributed by atoms with E-state index in [9.17, 15) is 0 Å². The summed E-state index contributed by atoms with van der Waals surface area (Å²) in [6, 6.07) is 0.507. The lowest BCUT2D eigenvalue weighted by Crippen LogP contribution is -2.29. The van der Waals surface area contributed by atoms with Crippen LogP contribution in [0.15, 0.2) is 0 Å². The number of rotatable bonds is 2. The molecule has 0 aromatic rings. The Kier molecular flexibility index (Phi) is 1.86. The molecule has 1 rings (SSSR count). The van der Waals surface area contributed by atoms with Gasteiger partial charge in [-0.05, 0) is 13.0 Å². The van der Waals surface area contributed by atoms with Crippen LogP contribution in [0.3, 0.4) is 0 Å². The van der Waals surface area contributed by atoms with Gasteiger partial charge in [-0.2, -0.15) is 0 Å². The molecule has 0 spiro atoms. The van der Waals surface area contributed by atoms with Crippen molar-refractivity contribution < 1.29 is 0 Å². The highest BCUT2D eigenvalue weighted by Gasteiger charge is 2.10. The lowest BCUT2D eigenvalue weighted by atomic mass is 10.3. The monoisotopic (exact) mass is 113 g/mol. The van der Waals surface area contributed by atoms with Crippen molar-refractivity contribution in [1.82, 2.24) is 10.6 Å². The van der Waals surface area contributed by atoms with Crippen LogP contribution in [-0.2, 0) is 0 Å². The summed E-state index contributed by atoms with van der Waals surface area (Å²) in [6.45, 7) is 2.10. The van der Waals surface area contributed by atoms with Crippen LogP contribution < -0.4 is 10.6 Å². The van der Waals surface area contributed by atoms with Gasteiger partial charge in [0.15, 0.2) is 0 Å². The molecular formula is C5H11N3. The Morgan fingerprint density at radius 2 is 2.62 bits per heavy atom. The van der Waals surface area contributed by atoms with E-state index >= 15 is 0 Å². The van der Waals surface area contributed by atoms with Crippen molar-refractivity contribution in [3.05, 3.63) is 0 Å². The van der Waals surface area contributed by atoms with Gasteiger partial charge < -0.3 is 10.6 Å². The van der Waals surface area contributed by atoms with Crippen LogP contribution in [0.1, 0.15) is 6.42 Å². The Bertz CT molecular complexity index is 75.7. The van der Waals surface area contributed by atoms with Crippen LogP contribution in [-0.4, -0.2) is 25.5 Å². The van der Waals surface area contributed by atoms with E-state index in [1.165, 1.54) is 6.34 Å². The van der Waals surface area contributed by atoms with Crippen LogP contribution in [0, 0.1) is 5.41 Å². The summed E-state index contributed by atoms with van der Waals surface area (Å²) in [5, 5.41) is 12.8. The first kappa shape index (κ1) is 5.56. The molecule has 1 heterocycles. The first-order valence-electron chi connectivity index (χ1n) is 2.89. The summed E-state index contributed by atoms with van der Waals surface area (Å²) in [4.78, 5) is 0. The third kappa shape index (κ3) is 1.20. The van der Waals surface area contributed by atoms with Gasteiger partial charge >= 0.3 is 0 Å². The van der Waals surface area contributed by atoms with Crippen molar-refractivity contribution >= 4 is 6.34 Å². The second-order valence-corrected chi connectivity index (χ2v) is 2.00. The molecule has 0 unspecified atom stereocenters. The van der Waals surface area contributed by atoms with E-state index in [4.69, 9.17) is 5.41 Å². The van der Waals surface area contributed by atoms with Gasteiger partial charge in [-0.25, -0.2) is 0 Å². The highest BCUT2D eigenvalue weighted by atomic mass is 15.0. The quantitative estimate of drug-likeness (QED) is 0.335. The van der Waals surface area contributed by atoms with E-state index in [2.05, 4.69) is 10.6 Å². The average molecular weight is 113 g/mol. The van der Waals surface area contributed by atoms with Crippen molar-refractivity contribution in [1.29, 1.82) is 5.41 Å². The third-order valence-corrected chi connectivity index (χ3v) is 1.38. The molecule has 46 valence electrons. The van der Waals surface area contributed by atoms with Gasteiger partial charge in [0.05, 0.1) is 6.34 Å². The molecule has 1 saturated heterocycles. The molecule has 1 atom stereocenters. The molecular weight excluding hydrogens is 102 g/mol. The second-order valence-electron chi connectivity index (χ2n) is 2.00. The Labute approximate surface area is 49.0 Å². The van der Waals surface area contributed by atoms with Crippen LogP contribution >= 0.6 is 0 Å². The average Bonchev–Trinajstić information content (AvgIpc) is 2.19. The fourth-order valence-corrected chi connectivity index (χ4v) is 0.915. The maximum Gasteiger partial charge on any atom is 0.0793 e. The zero-order valence-electron chi connectivity index (χ0n) is 4.78. The van der Waals surface area contributed by atoms with Crippen molar-refractivity contribution in [3.8, 4) is 0 Å². The molecule has 0 saturated carbocycles. The fourth-order valence-electron chi connectivity index (χ4n) is 0.915. The summed E-state index contributed by atoms with van der Waals surface area (Å²) in [7, 11) is 0. The zero-order valence-corrected chi connectivity index (χ0v) is 4.78. The van der Waals surface area contributed by atoms with Crippen LogP contribution in [0.2, 0.25) is 0 Å². The van der Waals surface area contributed by atoms with E-state index < -0.39 is 0 Å². The molecule has 1 fully saturated rings. The van der Waals surface area contributed by atoms with Crippen molar-refractivity contribution in [2.24, 2.45) is 0 Å². The smallest absolute Gasteiger partial charge is 0.0793 e. The minimum absolute atomic E-state index is 0.507. The Morgan fingerprint density at radius 3 is 3.12 bits per heavy atom. The van der Waals surface area contributed by atoms with Gasteiger partial charge in [0.2, 0.25) is 0 Å². The zero-order chi connectivity index (χ0) is 5.82. The van der Waals surface area contributed by atoms with Gasteiger partial charge in [-0.3, -0.25) is 5.41 Å². The highest BCUT2D eigenvalue weighted by Crippen LogP contribution is 1.94. The highest BCUT2D eigenvalue weighted by molar-refractivity contribution is 5.50. The lowest BCUT2D eigenvalue weighted by Gasteiger charge is -2.04. The molecule has 1 aliphatic heterocycles. The summed E-state index contributed by atoms with van der Waals surface area (Å²) < 4.78 is 0. The maximum atomic E-state index is 6.70. The van der Waals surface area contributed by atoms with Crippen LogP contribution in [0.5, 0.6) is 0 Å². The van der Waals surface area contributed by atoms with E-state index in [-0.39, 0.29) is 0 Å². The summed E-state index contributed by atoms with van der Waals surface area (Å²) in [6.07, 6.45) is 2.41. The predicted octanol–water partition coefficient (Wildman–Crippen LogP) is -0.455. The number of hydrogen-bond donors (Lipinski definition) is 3. The minimum atomic E-state index is 0.507. The molecule has 0 bridgehead atoms. The lowest BCUT2D eigenvalue weighted by molar-refractivity contribution is 0.670. The molecule has 3 N–H and O–H groups in total. The van der Waals surface area contributed by atoms with Gasteiger partial charge in [0, 0.05) is 12.6 Å². The number of nitrogens with one attached hydrogen (secondary N) is 3. The molecule has 3 nitrogen and oxygen atoms in total. The van der Waals surface area contributed by atoms with Crippen molar-refractivity contribution in [2.45, 2.75) is 12.5 Å². The van der Waals surface area contributed by atoms with Crippen molar-refractivity contribution in [3.63, 3.8) is 0 Å². The van der Waals surface area contributed by atoms with Crippen LogP contribution in [0.25, 0.3) is 0 Å². The molecule has 0 aromatic heterocycles. The van der Waals surface area contributed by atoms with Gasteiger partial charge in [-0.1, -0.05) is 0 Å². The van der Waals surface area contributed by atoms with E-state index in [1.54, 1.807) is 0 Å².